The Morgan fingerprint density at radius 2 is 1.82 bits per heavy atom. The summed E-state index contributed by atoms with van der Waals surface area (Å²) in [5, 5.41) is 5.03. The van der Waals surface area contributed by atoms with Gasteiger partial charge in [-0.1, -0.05) is 24.3 Å². The number of nitrogens with one attached hydrogen (secondary N) is 1. The Labute approximate surface area is 174 Å². The molecule has 0 bridgehead atoms. The third-order valence-electron chi connectivity index (χ3n) is 4.98. The number of rotatable bonds is 6. The lowest BCUT2D eigenvalue weighted by Gasteiger charge is -2.22. The standard InChI is InChI=1S/C23H25BrN2O2/c1-5-26(6-2)17-11-12-20(15(3)13-17)25-23(27)19-14-16-9-7-8-10-18(16)21(24)22(19)28-4/h7-14H,5-6H2,1-4H3,(H,25,27). The number of aryl methyl sites for hydroxylation is 1. The minimum absolute atomic E-state index is 0.193. The first-order valence-electron chi connectivity index (χ1n) is 9.42. The van der Waals surface area contributed by atoms with E-state index in [0.29, 0.717) is 11.3 Å². The van der Waals surface area contributed by atoms with Gasteiger partial charge in [-0.2, -0.15) is 0 Å². The number of methoxy groups -OCH3 is 1. The molecule has 0 aliphatic rings. The molecule has 0 aliphatic carbocycles. The van der Waals surface area contributed by atoms with Crippen molar-refractivity contribution in [3.63, 3.8) is 0 Å². The van der Waals surface area contributed by atoms with Crippen LogP contribution in [0, 0.1) is 6.92 Å². The lowest BCUT2D eigenvalue weighted by atomic mass is 10.0. The molecule has 1 N–H and O–H groups in total. The van der Waals surface area contributed by atoms with E-state index in [9.17, 15) is 4.79 Å². The molecule has 0 unspecified atom stereocenters. The van der Waals surface area contributed by atoms with Crippen molar-refractivity contribution in [3.05, 3.63) is 64.1 Å². The molecule has 3 aromatic carbocycles. The molecule has 0 aliphatic heterocycles. The molecule has 5 heteroatoms. The number of hydrogen-bond acceptors (Lipinski definition) is 3. The van der Waals surface area contributed by atoms with Gasteiger partial charge in [-0.05, 0) is 77.3 Å². The van der Waals surface area contributed by atoms with Crippen LogP contribution in [0.4, 0.5) is 11.4 Å². The second kappa shape index (κ2) is 8.65. The molecule has 4 nitrogen and oxygen atoms in total. The van der Waals surface area contributed by atoms with Crippen LogP contribution in [0.15, 0.2) is 53.0 Å². The zero-order valence-electron chi connectivity index (χ0n) is 16.7. The number of amides is 1. The maximum Gasteiger partial charge on any atom is 0.259 e. The molecular weight excluding hydrogens is 416 g/mol. The van der Waals surface area contributed by atoms with E-state index in [1.54, 1.807) is 7.11 Å². The Morgan fingerprint density at radius 3 is 2.46 bits per heavy atom. The summed E-state index contributed by atoms with van der Waals surface area (Å²) in [6.45, 7) is 8.18. The SMILES string of the molecule is CCN(CC)c1ccc(NC(=O)c2cc3ccccc3c(Br)c2OC)c(C)c1. The molecule has 3 rings (SSSR count). The summed E-state index contributed by atoms with van der Waals surface area (Å²) in [6.07, 6.45) is 0. The molecule has 3 aromatic rings. The Balaban J connectivity index is 1.95. The number of ether oxygens (including phenoxy) is 1. The van der Waals surface area contributed by atoms with Crippen LogP contribution < -0.4 is 15.0 Å². The molecule has 0 radical (unpaired) electrons. The van der Waals surface area contributed by atoms with Gasteiger partial charge in [0.2, 0.25) is 0 Å². The minimum atomic E-state index is -0.193. The molecule has 0 saturated carbocycles. The predicted molar refractivity (Wildman–Crippen MR) is 121 cm³/mol. The number of anilines is 2. The topological polar surface area (TPSA) is 41.6 Å². The average molecular weight is 441 g/mol. The number of benzene rings is 3. The van der Waals surface area contributed by atoms with E-state index in [4.69, 9.17) is 4.74 Å². The highest BCUT2D eigenvalue weighted by molar-refractivity contribution is 9.10. The fraction of sp³-hybridized carbons (Fsp3) is 0.261. The quantitative estimate of drug-likeness (QED) is 0.509. The maximum atomic E-state index is 13.1. The van der Waals surface area contributed by atoms with Gasteiger partial charge >= 0.3 is 0 Å². The van der Waals surface area contributed by atoms with Crippen LogP contribution in [-0.2, 0) is 0 Å². The van der Waals surface area contributed by atoms with Crippen LogP contribution in [0.3, 0.4) is 0 Å². The van der Waals surface area contributed by atoms with Crippen molar-refractivity contribution in [2.75, 3.05) is 30.4 Å². The van der Waals surface area contributed by atoms with Crippen molar-refractivity contribution in [2.45, 2.75) is 20.8 Å². The van der Waals surface area contributed by atoms with Gasteiger partial charge in [0.25, 0.3) is 5.91 Å². The van der Waals surface area contributed by atoms with Gasteiger partial charge in [-0.3, -0.25) is 4.79 Å². The van der Waals surface area contributed by atoms with Gasteiger partial charge in [0.05, 0.1) is 17.1 Å². The maximum absolute atomic E-state index is 13.1. The van der Waals surface area contributed by atoms with Crippen LogP contribution in [0.5, 0.6) is 5.75 Å². The van der Waals surface area contributed by atoms with Gasteiger partial charge in [-0.15, -0.1) is 0 Å². The van der Waals surface area contributed by atoms with Crippen LogP contribution in [0.2, 0.25) is 0 Å². The van der Waals surface area contributed by atoms with Crippen LogP contribution in [-0.4, -0.2) is 26.1 Å². The highest BCUT2D eigenvalue weighted by Gasteiger charge is 2.19. The monoisotopic (exact) mass is 440 g/mol. The first kappa shape index (κ1) is 20.2. The predicted octanol–water partition coefficient (Wildman–Crippen LogP) is 6.02. The lowest BCUT2D eigenvalue weighted by molar-refractivity contribution is 0.102. The fourth-order valence-corrected chi connectivity index (χ4v) is 4.15. The number of halogens is 1. The summed E-state index contributed by atoms with van der Waals surface area (Å²) in [5.41, 5.74) is 3.48. The molecule has 0 saturated heterocycles. The first-order chi connectivity index (χ1) is 13.5. The molecule has 146 valence electrons. The van der Waals surface area contributed by atoms with Crippen molar-refractivity contribution >= 4 is 44.0 Å². The molecule has 0 heterocycles. The summed E-state index contributed by atoms with van der Waals surface area (Å²) >= 11 is 3.59. The summed E-state index contributed by atoms with van der Waals surface area (Å²) < 4.78 is 6.32. The summed E-state index contributed by atoms with van der Waals surface area (Å²) in [4.78, 5) is 15.3. The molecular formula is C23H25BrN2O2. The Hall–Kier alpha value is -2.53. The zero-order chi connectivity index (χ0) is 20.3. The van der Waals surface area contributed by atoms with Crippen LogP contribution in [0.25, 0.3) is 10.8 Å². The van der Waals surface area contributed by atoms with Crippen molar-refractivity contribution in [1.29, 1.82) is 0 Å². The highest BCUT2D eigenvalue weighted by Crippen LogP contribution is 2.37. The average Bonchev–Trinajstić information content (AvgIpc) is 2.70. The molecule has 1 amide bonds. The van der Waals surface area contributed by atoms with Crippen molar-refractivity contribution in [2.24, 2.45) is 0 Å². The van der Waals surface area contributed by atoms with E-state index in [2.05, 4.69) is 46.1 Å². The van der Waals surface area contributed by atoms with E-state index in [-0.39, 0.29) is 5.91 Å². The molecule has 0 fully saturated rings. The smallest absolute Gasteiger partial charge is 0.259 e. The molecule has 0 atom stereocenters. The van der Waals surface area contributed by atoms with Crippen LogP contribution in [0.1, 0.15) is 29.8 Å². The summed E-state index contributed by atoms with van der Waals surface area (Å²) in [6, 6.07) is 15.9. The van der Waals surface area contributed by atoms with E-state index >= 15 is 0 Å². The van der Waals surface area contributed by atoms with Gasteiger partial charge in [-0.25, -0.2) is 0 Å². The normalized spacial score (nSPS) is 10.8. The van der Waals surface area contributed by atoms with Gasteiger partial charge in [0.1, 0.15) is 5.75 Å². The minimum Gasteiger partial charge on any atom is -0.495 e. The van der Waals surface area contributed by atoms with E-state index in [0.717, 1.165) is 45.3 Å². The highest BCUT2D eigenvalue weighted by atomic mass is 79.9. The Bertz CT molecular complexity index is 1010. The van der Waals surface area contributed by atoms with Crippen molar-refractivity contribution < 1.29 is 9.53 Å². The Kier molecular flexibility index (Phi) is 6.25. The third-order valence-corrected chi connectivity index (χ3v) is 5.76. The van der Waals surface area contributed by atoms with Gasteiger partial charge in [0, 0.05) is 24.5 Å². The third kappa shape index (κ3) is 3.85. The lowest BCUT2D eigenvalue weighted by Crippen LogP contribution is -2.22. The second-order valence-electron chi connectivity index (χ2n) is 6.62. The van der Waals surface area contributed by atoms with Gasteiger partial charge in [0.15, 0.2) is 0 Å². The Morgan fingerprint density at radius 1 is 1.11 bits per heavy atom. The van der Waals surface area contributed by atoms with E-state index < -0.39 is 0 Å². The van der Waals surface area contributed by atoms with Crippen LogP contribution >= 0.6 is 15.9 Å². The molecule has 28 heavy (non-hydrogen) atoms. The summed E-state index contributed by atoms with van der Waals surface area (Å²) in [7, 11) is 1.58. The molecule has 0 aromatic heterocycles. The summed E-state index contributed by atoms with van der Waals surface area (Å²) in [5.74, 6) is 0.343. The van der Waals surface area contributed by atoms with E-state index in [1.807, 2.05) is 49.4 Å². The number of carbonyl (C=O) groups is 1. The zero-order valence-corrected chi connectivity index (χ0v) is 18.3. The number of hydrogen-bond donors (Lipinski definition) is 1. The van der Waals surface area contributed by atoms with Gasteiger partial charge < -0.3 is 15.0 Å². The number of carbonyl (C=O) groups excluding carboxylic acids is 1. The fourth-order valence-electron chi connectivity index (χ4n) is 3.42. The van der Waals surface area contributed by atoms with Crippen molar-refractivity contribution in [1.82, 2.24) is 0 Å². The van der Waals surface area contributed by atoms with E-state index in [1.165, 1.54) is 0 Å². The molecule has 0 spiro atoms. The van der Waals surface area contributed by atoms with Crippen molar-refractivity contribution in [3.8, 4) is 5.75 Å². The number of nitrogens with zero attached hydrogens (tertiary/aromatic N) is 1. The second-order valence-corrected chi connectivity index (χ2v) is 7.41. The largest absolute Gasteiger partial charge is 0.495 e. The first-order valence-corrected chi connectivity index (χ1v) is 10.2. The number of fused-ring (bicyclic) bond motifs is 1.